The van der Waals surface area contributed by atoms with Crippen molar-refractivity contribution in [2.45, 2.75) is 116 Å². The summed E-state index contributed by atoms with van der Waals surface area (Å²) in [4.78, 5) is 0. The zero-order valence-electron chi connectivity index (χ0n) is 33.6. The molecule has 2 N–H and O–H groups in total. The third kappa shape index (κ3) is 11.1. The van der Waals surface area contributed by atoms with E-state index in [0.717, 1.165) is 13.1 Å². The zero-order valence-corrected chi connectivity index (χ0v) is 35.6. The molecular formula is C45H66N2O2Si2. The van der Waals surface area contributed by atoms with Crippen molar-refractivity contribution in [3.63, 3.8) is 0 Å². The van der Waals surface area contributed by atoms with Crippen LogP contribution in [0.25, 0.3) is 0 Å². The van der Waals surface area contributed by atoms with Gasteiger partial charge in [-0.2, -0.15) is 0 Å². The molecule has 0 aliphatic rings. The third-order valence-electron chi connectivity index (χ3n) is 11.2. The Hall–Kier alpha value is -2.85. The lowest BCUT2D eigenvalue weighted by atomic mass is 9.89. The molecule has 0 aromatic heterocycles. The van der Waals surface area contributed by atoms with E-state index in [4.69, 9.17) is 8.85 Å². The van der Waals surface area contributed by atoms with Crippen molar-refractivity contribution in [3.8, 4) is 0 Å². The van der Waals surface area contributed by atoms with Crippen molar-refractivity contribution in [3.05, 3.63) is 144 Å². The van der Waals surface area contributed by atoms with Gasteiger partial charge in [0.1, 0.15) is 0 Å². The molecule has 276 valence electrons. The Labute approximate surface area is 313 Å². The Morgan fingerprint density at radius 1 is 0.431 bits per heavy atom. The Morgan fingerprint density at radius 2 is 0.686 bits per heavy atom. The van der Waals surface area contributed by atoms with Crippen molar-refractivity contribution in [1.82, 2.24) is 10.6 Å². The molecule has 4 aromatic rings. The van der Waals surface area contributed by atoms with E-state index in [1.807, 2.05) is 0 Å². The molecule has 4 nitrogen and oxygen atoms in total. The lowest BCUT2D eigenvalue weighted by Crippen LogP contribution is -2.47. The molecule has 6 heteroatoms. The van der Waals surface area contributed by atoms with E-state index < -0.39 is 16.6 Å². The second-order valence-electron chi connectivity index (χ2n) is 18.1. The van der Waals surface area contributed by atoms with Gasteiger partial charge in [0.15, 0.2) is 16.6 Å². The SMILES string of the molecule is CC(C)(CN[C@@H](c1ccccc1)[C@H](O[Si](C)(C)C(C)(C)C)c1ccccc1)CN[C@@H](c1ccccc1)[C@H](O[Si](C)(C)C(C)(C)C)c1ccccc1. The van der Waals surface area contributed by atoms with Gasteiger partial charge in [-0.3, -0.25) is 0 Å². The highest BCUT2D eigenvalue weighted by Gasteiger charge is 2.43. The first-order chi connectivity index (χ1) is 23.8. The summed E-state index contributed by atoms with van der Waals surface area (Å²) in [6.45, 7) is 29.7. The predicted octanol–water partition coefficient (Wildman–Crippen LogP) is 12.2. The summed E-state index contributed by atoms with van der Waals surface area (Å²) in [7, 11) is -4.26. The molecule has 0 radical (unpaired) electrons. The second-order valence-corrected chi connectivity index (χ2v) is 27.6. The molecule has 0 fully saturated rings. The van der Waals surface area contributed by atoms with Gasteiger partial charge in [-0.1, -0.05) is 177 Å². The van der Waals surface area contributed by atoms with Gasteiger partial charge < -0.3 is 19.5 Å². The van der Waals surface area contributed by atoms with Crippen molar-refractivity contribution in [2.24, 2.45) is 5.41 Å². The summed E-state index contributed by atoms with van der Waals surface area (Å²) in [5.74, 6) is 0. The van der Waals surface area contributed by atoms with E-state index in [2.05, 4.69) is 214 Å². The summed E-state index contributed by atoms with van der Waals surface area (Å²) in [6.07, 6.45) is -0.258. The normalized spacial score (nSPS) is 15.6. The molecule has 0 spiro atoms. The Kier molecular flexibility index (Phi) is 13.5. The molecule has 0 saturated heterocycles. The number of nitrogens with one attached hydrogen (secondary N) is 2. The van der Waals surface area contributed by atoms with Crippen molar-refractivity contribution < 1.29 is 8.85 Å². The minimum Gasteiger partial charge on any atom is -0.408 e. The Balaban J connectivity index is 1.66. The van der Waals surface area contributed by atoms with Crippen LogP contribution in [0.2, 0.25) is 36.3 Å². The lowest BCUT2D eigenvalue weighted by Gasteiger charge is -2.43. The van der Waals surface area contributed by atoms with Crippen LogP contribution in [0.1, 0.15) is 102 Å². The molecule has 0 amide bonds. The smallest absolute Gasteiger partial charge is 0.193 e. The Bertz CT molecular complexity index is 1480. The summed E-state index contributed by atoms with van der Waals surface area (Å²) in [5, 5.41) is 8.29. The van der Waals surface area contributed by atoms with Crippen molar-refractivity contribution >= 4 is 16.6 Å². The van der Waals surface area contributed by atoms with Crippen molar-refractivity contribution in [1.29, 1.82) is 0 Å². The molecule has 4 atom stereocenters. The fraction of sp³-hybridized carbons (Fsp3) is 0.467. The maximum atomic E-state index is 7.33. The average Bonchev–Trinajstić information content (AvgIpc) is 3.08. The maximum absolute atomic E-state index is 7.33. The minimum atomic E-state index is -2.13. The van der Waals surface area contributed by atoms with Crippen LogP contribution in [0, 0.1) is 5.41 Å². The Morgan fingerprint density at radius 3 is 0.941 bits per heavy atom. The standard InChI is InChI=1S/C45H66N2O2Si2/c1-43(2,3)50(9,10)48-41(37-29-21-15-22-30-37)39(35-25-17-13-18-26-35)46-33-45(7,8)34-47-40(36-27-19-14-20-28-36)42(38-31-23-16-24-32-38)49-51(11,12)44(4,5)6/h13-32,39-42,46-47H,33-34H2,1-12H3/t39-,40-,41+,42+/m0/s1. The summed E-state index contributed by atoms with van der Waals surface area (Å²) in [6, 6.07) is 43.3. The van der Waals surface area contributed by atoms with Gasteiger partial charge in [0.25, 0.3) is 0 Å². The van der Waals surface area contributed by atoms with E-state index in [1.165, 1.54) is 22.3 Å². The van der Waals surface area contributed by atoms with Crippen LogP contribution in [0.3, 0.4) is 0 Å². The van der Waals surface area contributed by atoms with E-state index in [0.29, 0.717) is 0 Å². The fourth-order valence-corrected chi connectivity index (χ4v) is 8.41. The van der Waals surface area contributed by atoms with Crippen LogP contribution >= 0.6 is 0 Å². The van der Waals surface area contributed by atoms with Gasteiger partial charge in [-0.05, 0) is 63.9 Å². The van der Waals surface area contributed by atoms with Gasteiger partial charge in [-0.25, -0.2) is 0 Å². The van der Waals surface area contributed by atoms with E-state index >= 15 is 0 Å². The quantitative estimate of drug-likeness (QED) is 0.113. The molecule has 0 unspecified atom stereocenters. The van der Waals surface area contributed by atoms with E-state index in [9.17, 15) is 0 Å². The van der Waals surface area contributed by atoms with Crippen LogP contribution < -0.4 is 10.6 Å². The molecule has 0 bridgehead atoms. The largest absolute Gasteiger partial charge is 0.408 e. The maximum Gasteiger partial charge on any atom is 0.193 e. The highest BCUT2D eigenvalue weighted by molar-refractivity contribution is 6.74. The lowest BCUT2D eigenvalue weighted by molar-refractivity contribution is 0.118. The highest BCUT2D eigenvalue weighted by atomic mass is 28.4. The first kappa shape index (κ1) is 40.9. The molecule has 4 aromatic carbocycles. The molecule has 0 saturated carbocycles. The van der Waals surface area contributed by atoms with Gasteiger partial charge in [0.05, 0.1) is 24.3 Å². The number of rotatable bonds is 16. The first-order valence-corrected chi connectivity index (χ1v) is 24.7. The molecule has 0 aliphatic heterocycles. The minimum absolute atomic E-state index is 0.0223. The van der Waals surface area contributed by atoms with Gasteiger partial charge in [0.2, 0.25) is 0 Å². The zero-order chi connectivity index (χ0) is 37.5. The third-order valence-corrected chi connectivity index (χ3v) is 20.1. The van der Waals surface area contributed by atoms with E-state index in [-0.39, 0.29) is 39.8 Å². The van der Waals surface area contributed by atoms with Crippen LogP contribution in [0.15, 0.2) is 121 Å². The highest BCUT2D eigenvalue weighted by Crippen LogP contribution is 2.45. The van der Waals surface area contributed by atoms with Crippen molar-refractivity contribution in [2.75, 3.05) is 13.1 Å². The fourth-order valence-electron chi connectivity index (χ4n) is 5.89. The number of hydrogen-bond donors (Lipinski definition) is 2. The van der Waals surface area contributed by atoms with Crippen LogP contribution in [0.5, 0.6) is 0 Å². The monoisotopic (exact) mass is 722 g/mol. The van der Waals surface area contributed by atoms with Crippen LogP contribution in [0.4, 0.5) is 0 Å². The van der Waals surface area contributed by atoms with Gasteiger partial charge in [-0.15, -0.1) is 0 Å². The molecule has 4 rings (SSSR count). The summed E-state index contributed by atoms with van der Waals surface area (Å²) < 4.78 is 14.7. The second kappa shape index (κ2) is 16.9. The molecule has 51 heavy (non-hydrogen) atoms. The molecular weight excluding hydrogens is 657 g/mol. The summed E-state index contributed by atoms with van der Waals surface area (Å²) in [5.41, 5.74) is 4.79. The number of benzene rings is 4. The first-order valence-electron chi connectivity index (χ1n) is 18.8. The van der Waals surface area contributed by atoms with Gasteiger partial charge in [0, 0.05) is 13.1 Å². The number of hydrogen-bond acceptors (Lipinski definition) is 4. The predicted molar refractivity (Wildman–Crippen MR) is 223 cm³/mol. The molecule has 0 aliphatic carbocycles. The van der Waals surface area contributed by atoms with Crippen LogP contribution in [-0.4, -0.2) is 29.7 Å². The topological polar surface area (TPSA) is 42.5 Å². The van der Waals surface area contributed by atoms with Gasteiger partial charge >= 0.3 is 0 Å². The molecule has 0 heterocycles. The van der Waals surface area contributed by atoms with E-state index in [1.54, 1.807) is 0 Å². The van der Waals surface area contributed by atoms with Crippen LogP contribution in [-0.2, 0) is 8.85 Å². The average molecular weight is 723 g/mol. The summed E-state index contributed by atoms with van der Waals surface area (Å²) >= 11 is 0.